The Hall–Kier alpha value is -2.55. The van der Waals surface area contributed by atoms with E-state index >= 15 is 0 Å². The van der Waals surface area contributed by atoms with Crippen molar-refractivity contribution in [2.45, 2.75) is 18.6 Å². The van der Waals surface area contributed by atoms with Crippen molar-refractivity contribution in [2.24, 2.45) is 0 Å². The number of carbonyl (C=O) groups is 2. The van der Waals surface area contributed by atoms with E-state index in [4.69, 9.17) is 5.11 Å². The summed E-state index contributed by atoms with van der Waals surface area (Å²) in [4.78, 5) is 34.2. The Balaban J connectivity index is 2.42. The van der Waals surface area contributed by atoms with E-state index in [1.54, 1.807) is 0 Å². The lowest BCUT2D eigenvalue weighted by Crippen LogP contribution is -2.40. The number of benzene rings is 1. The number of carbonyl (C=O) groups excluding carboxylic acids is 1. The number of β-amino-alcohol motifs (C(OH)–C–C–N with tert-alkyl or cyclic N) is 1. The fourth-order valence-electron chi connectivity index (χ4n) is 2.27. The van der Waals surface area contributed by atoms with Crippen LogP contribution in [0.4, 0.5) is 10.1 Å². The molecule has 8 nitrogen and oxygen atoms in total. The number of aliphatic hydroxyl groups excluding tert-OH is 1. The standard InChI is InChI=1S/C12H11FN2O6/c13-6-1-2-9(15(20)21)8(3-6)11(17)14-5-7(16)4-10(14)12(18)19/h1-3,7,10,16H,4-5H2,(H,18,19)/t7-,10-/m0/s1. The van der Waals surface area contributed by atoms with Crippen LogP contribution in [0.15, 0.2) is 18.2 Å². The van der Waals surface area contributed by atoms with E-state index in [1.165, 1.54) is 0 Å². The molecule has 1 heterocycles. The molecule has 112 valence electrons. The predicted octanol–water partition coefficient (Wildman–Crippen LogP) is 0.394. The molecule has 21 heavy (non-hydrogen) atoms. The topological polar surface area (TPSA) is 121 Å². The lowest BCUT2D eigenvalue weighted by Gasteiger charge is -2.21. The van der Waals surface area contributed by atoms with Crippen LogP contribution in [0.2, 0.25) is 0 Å². The van der Waals surface area contributed by atoms with Gasteiger partial charge in [-0.05, 0) is 12.1 Å². The highest BCUT2D eigenvalue weighted by Crippen LogP contribution is 2.26. The van der Waals surface area contributed by atoms with Crippen LogP contribution in [0.1, 0.15) is 16.8 Å². The van der Waals surface area contributed by atoms with E-state index in [0.29, 0.717) is 6.07 Å². The first-order valence-corrected chi connectivity index (χ1v) is 5.97. The number of hydrogen-bond acceptors (Lipinski definition) is 5. The van der Waals surface area contributed by atoms with Crippen LogP contribution in [0, 0.1) is 15.9 Å². The van der Waals surface area contributed by atoms with Crippen molar-refractivity contribution in [3.05, 3.63) is 39.7 Å². The van der Waals surface area contributed by atoms with Crippen molar-refractivity contribution in [1.82, 2.24) is 4.90 Å². The summed E-state index contributed by atoms with van der Waals surface area (Å²) in [5.74, 6) is -3.18. The van der Waals surface area contributed by atoms with Gasteiger partial charge in [0.2, 0.25) is 0 Å². The monoisotopic (exact) mass is 298 g/mol. The molecule has 0 saturated carbocycles. The second kappa shape index (κ2) is 5.44. The molecule has 2 N–H and O–H groups in total. The Bertz CT molecular complexity index is 620. The van der Waals surface area contributed by atoms with Gasteiger partial charge in [-0.2, -0.15) is 0 Å². The van der Waals surface area contributed by atoms with E-state index in [2.05, 4.69) is 0 Å². The third kappa shape index (κ3) is 2.82. The summed E-state index contributed by atoms with van der Waals surface area (Å²) in [6, 6.07) is 1.06. The smallest absolute Gasteiger partial charge is 0.326 e. The Kier molecular flexibility index (Phi) is 3.85. The molecule has 1 aliphatic rings. The number of nitrogens with zero attached hydrogens (tertiary/aromatic N) is 2. The number of halogens is 1. The zero-order valence-corrected chi connectivity index (χ0v) is 10.6. The minimum Gasteiger partial charge on any atom is -0.480 e. The molecule has 0 unspecified atom stereocenters. The van der Waals surface area contributed by atoms with Gasteiger partial charge in [-0.15, -0.1) is 0 Å². The van der Waals surface area contributed by atoms with Gasteiger partial charge in [0.25, 0.3) is 11.6 Å². The number of hydrogen-bond donors (Lipinski definition) is 2. The molecule has 1 aromatic carbocycles. The Morgan fingerprint density at radius 3 is 2.67 bits per heavy atom. The molecule has 1 fully saturated rings. The van der Waals surface area contributed by atoms with Crippen LogP contribution in [-0.2, 0) is 4.79 Å². The van der Waals surface area contributed by atoms with Gasteiger partial charge in [-0.3, -0.25) is 14.9 Å². The van der Waals surface area contributed by atoms with E-state index in [-0.39, 0.29) is 13.0 Å². The zero-order valence-electron chi connectivity index (χ0n) is 10.6. The molecule has 1 aliphatic heterocycles. The second-order valence-corrected chi connectivity index (χ2v) is 4.62. The molecule has 2 rings (SSSR count). The molecule has 0 aromatic heterocycles. The van der Waals surface area contributed by atoms with Crippen molar-refractivity contribution in [3.8, 4) is 0 Å². The summed E-state index contributed by atoms with van der Waals surface area (Å²) in [6.45, 7) is -0.274. The van der Waals surface area contributed by atoms with Crippen LogP contribution < -0.4 is 0 Å². The lowest BCUT2D eigenvalue weighted by molar-refractivity contribution is -0.385. The van der Waals surface area contributed by atoms with Crippen LogP contribution in [0.25, 0.3) is 0 Å². The first-order valence-electron chi connectivity index (χ1n) is 5.97. The number of amides is 1. The number of nitro groups is 1. The quantitative estimate of drug-likeness (QED) is 0.615. The summed E-state index contributed by atoms with van der Waals surface area (Å²) in [6.07, 6.45) is -1.22. The number of carboxylic acid groups (broad SMARTS) is 1. The van der Waals surface area contributed by atoms with Gasteiger partial charge in [0.05, 0.1) is 11.0 Å². The molecular formula is C12H11FN2O6. The third-order valence-electron chi connectivity index (χ3n) is 3.21. The Morgan fingerprint density at radius 1 is 1.43 bits per heavy atom. The molecule has 1 amide bonds. The molecule has 0 bridgehead atoms. The Morgan fingerprint density at radius 2 is 2.10 bits per heavy atom. The normalized spacial score (nSPS) is 21.3. The highest BCUT2D eigenvalue weighted by Gasteiger charge is 2.40. The summed E-state index contributed by atoms with van der Waals surface area (Å²) in [5, 5.41) is 29.4. The number of aliphatic carboxylic acids is 1. The van der Waals surface area contributed by atoms with E-state index in [0.717, 1.165) is 17.0 Å². The summed E-state index contributed by atoms with van der Waals surface area (Å²) in [7, 11) is 0. The zero-order chi connectivity index (χ0) is 15.7. The maximum atomic E-state index is 13.2. The van der Waals surface area contributed by atoms with Crippen LogP contribution in [0.5, 0.6) is 0 Å². The van der Waals surface area contributed by atoms with Crippen molar-refractivity contribution in [2.75, 3.05) is 6.54 Å². The van der Waals surface area contributed by atoms with Gasteiger partial charge in [0.15, 0.2) is 0 Å². The summed E-state index contributed by atoms with van der Waals surface area (Å²) in [5.41, 5.74) is -1.16. The van der Waals surface area contributed by atoms with Gasteiger partial charge in [-0.25, -0.2) is 9.18 Å². The third-order valence-corrected chi connectivity index (χ3v) is 3.21. The molecule has 9 heteroatoms. The molecule has 0 spiro atoms. The highest BCUT2D eigenvalue weighted by molar-refractivity contribution is 6.00. The van der Waals surface area contributed by atoms with E-state index < -0.39 is 46.0 Å². The van der Waals surface area contributed by atoms with Gasteiger partial charge in [0.1, 0.15) is 17.4 Å². The SMILES string of the molecule is O=C(O)[C@@H]1C[C@H](O)CN1C(=O)c1cc(F)ccc1[N+](=O)[O-]. The van der Waals surface area contributed by atoms with Crippen LogP contribution in [-0.4, -0.2) is 50.6 Å². The van der Waals surface area contributed by atoms with Gasteiger partial charge in [0, 0.05) is 19.0 Å². The molecule has 1 saturated heterocycles. The number of likely N-dealkylation sites (tertiary alicyclic amines) is 1. The van der Waals surface area contributed by atoms with Crippen LogP contribution in [0.3, 0.4) is 0 Å². The fraction of sp³-hybridized carbons (Fsp3) is 0.333. The maximum absolute atomic E-state index is 13.2. The number of aliphatic hydroxyl groups is 1. The second-order valence-electron chi connectivity index (χ2n) is 4.62. The minimum atomic E-state index is -1.33. The fourth-order valence-corrected chi connectivity index (χ4v) is 2.27. The minimum absolute atomic E-state index is 0.176. The average molecular weight is 298 g/mol. The first-order chi connectivity index (χ1) is 9.81. The molecule has 0 radical (unpaired) electrons. The maximum Gasteiger partial charge on any atom is 0.326 e. The summed E-state index contributed by atoms with van der Waals surface area (Å²) >= 11 is 0. The van der Waals surface area contributed by atoms with Crippen molar-refractivity contribution in [3.63, 3.8) is 0 Å². The van der Waals surface area contributed by atoms with Crippen molar-refractivity contribution in [1.29, 1.82) is 0 Å². The average Bonchev–Trinajstić information content (AvgIpc) is 2.79. The Labute approximate surface area is 117 Å². The highest BCUT2D eigenvalue weighted by atomic mass is 19.1. The van der Waals surface area contributed by atoms with Gasteiger partial charge >= 0.3 is 5.97 Å². The number of rotatable bonds is 3. The van der Waals surface area contributed by atoms with E-state index in [1.807, 2.05) is 0 Å². The van der Waals surface area contributed by atoms with Gasteiger partial charge < -0.3 is 15.1 Å². The van der Waals surface area contributed by atoms with Crippen molar-refractivity contribution < 1.29 is 29.1 Å². The van der Waals surface area contributed by atoms with Gasteiger partial charge in [-0.1, -0.05) is 0 Å². The lowest BCUT2D eigenvalue weighted by atomic mass is 10.1. The molecule has 2 atom stereocenters. The largest absolute Gasteiger partial charge is 0.480 e. The predicted molar refractivity (Wildman–Crippen MR) is 66.1 cm³/mol. The van der Waals surface area contributed by atoms with Crippen LogP contribution >= 0.6 is 0 Å². The summed E-state index contributed by atoms with van der Waals surface area (Å²) < 4.78 is 13.2. The number of nitro benzene ring substituents is 1. The first kappa shape index (κ1) is 14.9. The van der Waals surface area contributed by atoms with E-state index in [9.17, 15) is 29.2 Å². The van der Waals surface area contributed by atoms with Crippen molar-refractivity contribution >= 4 is 17.6 Å². The molecular weight excluding hydrogens is 287 g/mol. The number of carboxylic acids is 1. The molecule has 0 aliphatic carbocycles. The molecule has 1 aromatic rings.